The molecule has 3 heteroatoms. The molecule has 1 aliphatic heterocycles. The van der Waals surface area contributed by atoms with Crippen molar-refractivity contribution in [3.8, 4) is 0 Å². The van der Waals surface area contributed by atoms with Gasteiger partial charge in [0.2, 0.25) is 0 Å². The second kappa shape index (κ2) is 7.18. The molecule has 2 nitrogen and oxygen atoms in total. The molecule has 4 aromatic carbocycles. The number of nitrogens with zero attached hydrogens (tertiary/aromatic N) is 1. The van der Waals surface area contributed by atoms with Crippen LogP contribution in [0.1, 0.15) is 13.8 Å². The Bertz CT molecular complexity index is 1120. The predicted molar refractivity (Wildman–Crippen MR) is 134 cm³/mol. The predicted octanol–water partition coefficient (Wildman–Crippen LogP) is 5.97. The van der Waals surface area contributed by atoms with Crippen molar-refractivity contribution in [3.63, 3.8) is 0 Å². The number of rotatable bonds is 4. The zero-order valence-corrected chi connectivity index (χ0v) is 18.7. The van der Waals surface area contributed by atoms with E-state index in [0.717, 1.165) is 11.6 Å². The molecule has 0 atom stereocenters. The van der Waals surface area contributed by atoms with Gasteiger partial charge in [-0.2, -0.15) is 0 Å². The fourth-order valence-electron chi connectivity index (χ4n) is 5.03. The van der Waals surface area contributed by atoms with Gasteiger partial charge in [-0.3, -0.25) is 0 Å². The zero-order chi connectivity index (χ0) is 21.4. The molecule has 0 bridgehead atoms. The maximum atomic E-state index is 7.17. The van der Waals surface area contributed by atoms with Gasteiger partial charge >= 0.3 is 184 Å². The third-order valence-corrected chi connectivity index (χ3v) is 13.3. The number of hydrogen-bond acceptors (Lipinski definition) is 2. The first-order valence-corrected chi connectivity index (χ1v) is 12.8. The molecular weight excluding hydrogens is 397 g/mol. The molecule has 0 aromatic heterocycles. The average Bonchev–Trinajstić information content (AvgIpc) is 2.84. The van der Waals surface area contributed by atoms with E-state index >= 15 is 0 Å². The first-order valence-electron chi connectivity index (χ1n) is 10.6. The summed E-state index contributed by atoms with van der Waals surface area (Å²) < 4.78 is 7.17. The summed E-state index contributed by atoms with van der Waals surface area (Å²) in [6, 6.07) is 42.3. The van der Waals surface area contributed by atoms with Crippen LogP contribution in [0.15, 0.2) is 126 Å². The molecule has 1 saturated heterocycles. The Labute approximate surface area is 184 Å². The molecule has 1 aliphatic rings. The summed E-state index contributed by atoms with van der Waals surface area (Å²) in [5.74, 6) is 0.785. The Morgan fingerprint density at radius 3 is 1.26 bits per heavy atom. The van der Waals surface area contributed by atoms with Crippen LogP contribution in [0.25, 0.3) is 0 Å². The van der Waals surface area contributed by atoms with Crippen molar-refractivity contribution in [2.24, 2.45) is 4.99 Å². The van der Waals surface area contributed by atoms with Crippen LogP contribution in [0.3, 0.4) is 0 Å². The van der Waals surface area contributed by atoms with E-state index in [9.17, 15) is 0 Å². The zero-order valence-electron chi connectivity index (χ0n) is 17.8. The molecule has 0 radical (unpaired) electrons. The molecule has 0 saturated carbocycles. The van der Waals surface area contributed by atoms with Gasteiger partial charge in [0, 0.05) is 0 Å². The maximum absolute atomic E-state index is 7.17. The Morgan fingerprint density at radius 2 is 0.903 bits per heavy atom. The van der Waals surface area contributed by atoms with E-state index in [1.165, 1.54) is 15.9 Å². The van der Waals surface area contributed by atoms with Crippen molar-refractivity contribution in [1.82, 2.24) is 0 Å². The van der Waals surface area contributed by atoms with Gasteiger partial charge in [0.1, 0.15) is 0 Å². The van der Waals surface area contributed by atoms with E-state index in [2.05, 4.69) is 105 Å². The summed E-state index contributed by atoms with van der Waals surface area (Å²) >= 11 is 0. The Balaban J connectivity index is 1.87. The topological polar surface area (TPSA) is 21.6 Å². The molecular formula is C28H26NOP. The Morgan fingerprint density at radius 1 is 0.548 bits per heavy atom. The normalized spacial score (nSPS) is 20.6. The van der Waals surface area contributed by atoms with E-state index < -0.39 is 6.83 Å². The van der Waals surface area contributed by atoms with Crippen molar-refractivity contribution < 1.29 is 4.52 Å². The van der Waals surface area contributed by atoms with E-state index in [1.54, 1.807) is 0 Å². The summed E-state index contributed by atoms with van der Waals surface area (Å²) in [6.45, 7) is 1.27. The third kappa shape index (κ3) is 2.52. The van der Waals surface area contributed by atoms with Crippen molar-refractivity contribution in [3.05, 3.63) is 121 Å². The van der Waals surface area contributed by atoms with Crippen LogP contribution >= 0.6 is 6.83 Å². The van der Waals surface area contributed by atoms with Crippen LogP contribution in [0.5, 0.6) is 0 Å². The second-order valence-electron chi connectivity index (χ2n) is 8.45. The van der Waals surface area contributed by atoms with Crippen LogP contribution in [-0.4, -0.2) is 11.1 Å². The minimum absolute atomic E-state index is 0.328. The van der Waals surface area contributed by atoms with Crippen LogP contribution in [0, 0.1) is 0 Å². The third-order valence-electron chi connectivity index (χ3n) is 6.59. The first-order chi connectivity index (χ1) is 15.1. The number of benzene rings is 4. The van der Waals surface area contributed by atoms with Crippen LogP contribution < -0.4 is 15.9 Å². The van der Waals surface area contributed by atoms with Gasteiger partial charge in [0.05, 0.1) is 0 Å². The minimum atomic E-state index is -3.32. The molecule has 1 heterocycles. The molecule has 0 amide bonds. The van der Waals surface area contributed by atoms with Gasteiger partial charge in [0.25, 0.3) is 0 Å². The fraction of sp³-hybridized carbons (Fsp3) is 0.107. The monoisotopic (exact) mass is 423 g/mol. The van der Waals surface area contributed by atoms with Crippen molar-refractivity contribution >= 4 is 34.3 Å². The molecule has 4 aromatic rings. The SMILES string of the molecule is CC1(C)C(=Nc2ccccc2)OP1(c1ccccc1)(c1ccccc1)c1ccccc1. The van der Waals surface area contributed by atoms with E-state index in [4.69, 9.17) is 9.52 Å². The Hall–Kier alpha value is -3.22. The number of para-hydroxylation sites is 1. The van der Waals surface area contributed by atoms with Gasteiger partial charge in [-0.05, 0) is 0 Å². The molecule has 31 heavy (non-hydrogen) atoms. The summed E-state index contributed by atoms with van der Waals surface area (Å²) in [5.41, 5.74) is 0.913. The molecule has 0 aliphatic carbocycles. The molecule has 1 fully saturated rings. The van der Waals surface area contributed by atoms with E-state index in [-0.39, 0.29) is 5.16 Å². The first kappa shape index (κ1) is 19.7. The molecule has 0 spiro atoms. The van der Waals surface area contributed by atoms with Gasteiger partial charge in [0.15, 0.2) is 0 Å². The van der Waals surface area contributed by atoms with Gasteiger partial charge in [-0.1, -0.05) is 0 Å². The van der Waals surface area contributed by atoms with Crippen molar-refractivity contribution in [2.75, 3.05) is 0 Å². The summed E-state index contributed by atoms with van der Waals surface area (Å²) in [4.78, 5) is 4.96. The molecule has 0 N–H and O–H groups in total. The fourth-order valence-corrected chi connectivity index (χ4v) is 11.6. The summed E-state index contributed by atoms with van der Waals surface area (Å²) in [5, 5.41) is 3.35. The van der Waals surface area contributed by atoms with E-state index in [0.29, 0.717) is 0 Å². The standard InChI is InChI=1S/C28H26NOP/c1-28(2)27(29-23-15-7-3-8-16-23)30-31(28,24-17-9-4-10-18-24,25-19-11-5-12-20-25)26-21-13-6-14-22-26/h3-22H,1-2H3. The Kier molecular flexibility index (Phi) is 4.57. The second-order valence-corrected chi connectivity index (χ2v) is 13.4. The molecule has 5 rings (SSSR count). The number of hydrogen-bond donors (Lipinski definition) is 0. The number of aliphatic imine (C=N–C) groups is 1. The summed E-state index contributed by atoms with van der Waals surface area (Å²) in [6.07, 6.45) is 0. The van der Waals surface area contributed by atoms with Gasteiger partial charge in [-0.25, -0.2) is 0 Å². The summed E-state index contributed by atoms with van der Waals surface area (Å²) in [7, 11) is 0. The van der Waals surface area contributed by atoms with Gasteiger partial charge < -0.3 is 0 Å². The van der Waals surface area contributed by atoms with Gasteiger partial charge in [-0.15, -0.1) is 0 Å². The van der Waals surface area contributed by atoms with Crippen LogP contribution in [-0.2, 0) is 4.52 Å². The van der Waals surface area contributed by atoms with Crippen LogP contribution in [0.2, 0.25) is 0 Å². The molecule has 154 valence electrons. The van der Waals surface area contributed by atoms with E-state index in [1.807, 2.05) is 30.3 Å². The molecule has 0 unspecified atom stereocenters. The quantitative estimate of drug-likeness (QED) is 0.371. The van der Waals surface area contributed by atoms with Crippen molar-refractivity contribution in [2.45, 2.75) is 19.0 Å². The van der Waals surface area contributed by atoms with Crippen LogP contribution in [0.4, 0.5) is 5.69 Å². The average molecular weight is 423 g/mol. The van der Waals surface area contributed by atoms with Crippen molar-refractivity contribution in [1.29, 1.82) is 0 Å².